The molecular weight excluding hydrogens is 238 g/mol. The van der Waals surface area contributed by atoms with Crippen LogP contribution in [0.25, 0.3) is 0 Å². The van der Waals surface area contributed by atoms with Crippen molar-refractivity contribution in [2.45, 2.75) is 56.2 Å². The lowest BCUT2D eigenvalue weighted by molar-refractivity contribution is -0.0273. The minimum Gasteiger partial charge on any atom is -0.381 e. The lowest BCUT2D eigenvalue weighted by Crippen LogP contribution is -2.61. The Hall–Kier alpha value is -0.160. The van der Waals surface area contributed by atoms with E-state index in [2.05, 4.69) is 23.9 Å². The van der Waals surface area contributed by atoms with Gasteiger partial charge in [0.1, 0.15) is 0 Å². The smallest absolute Gasteiger partial charge is 0.0572 e. The number of likely N-dealkylation sites (tertiary alicyclic amines) is 1. The van der Waals surface area contributed by atoms with Gasteiger partial charge in [-0.15, -0.1) is 0 Å². The van der Waals surface area contributed by atoms with E-state index in [1.165, 1.54) is 38.8 Å². The summed E-state index contributed by atoms with van der Waals surface area (Å²) in [5.74, 6) is 0. The fourth-order valence-corrected chi connectivity index (χ4v) is 3.82. The Labute approximate surface area is 118 Å². The van der Waals surface area contributed by atoms with Gasteiger partial charge in [-0.25, -0.2) is 0 Å². The second-order valence-corrected chi connectivity index (χ2v) is 6.57. The van der Waals surface area contributed by atoms with Crippen LogP contribution in [0.3, 0.4) is 0 Å². The fraction of sp³-hybridized carbons (Fsp3) is 1.00. The van der Waals surface area contributed by atoms with E-state index in [1.807, 2.05) is 7.11 Å². The zero-order chi connectivity index (χ0) is 13.9. The van der Waals surface area contributed by atoms with Gasteiger partial charge in [0.05, 0.1) is 6.10 Å². The summed E-state index contributed by atoms with van der Waals surface area (Å²) in [6, 6.07) is 0.692. The number of hydrogen-bond acceptors (Lipinski definition) is 4. The Bertz CT molecular complexity index is 275. The molecule has 1 aliphatic carbocycles. The molecule has 112 valence electrons. The van der Waals surface area contributed by atoms with Crippen LogP contribution in [0.5, 0.6) is 0 Å². The van der Waals surface area contributed by atoms with Crippen LogP contribution in [-0.4, -0.2) is 68.3 Å². The largest absolute Gasteiger partial charge is 0.381 e. The number of ether oxygens (including phenoxy) is 1. The number of likely N-dealkylation sites (N-methyl/N-ethyl adjacent to an activating group) is 1. The molecule has 2 rings (SSSR count). The van der Waals surface area contributed by atoms with Crippen LogP contribution in [0.15, 0.2) is 0 Å². The monoisotopic (exact) mass is 269 g/mol. The van der Waals surface area contributed by atoms with E-state index in [-0.39, 0.29) is 5.54 Å². The highest BCUT2D eigenvalue weighted by Crippen LogP contribution is 2.36. The van der Waals surface area contributed by atoms with Gasteiger partial charge < -0.3 is 15.4 Å². The molecule has 0 radical (unpaired) electrons. The molecule has 4 heteroatoms. The van der Waals surface area contributed by atoms with Gasteiger partial charge in [0, 0.05) is 31.8 Å². The highest BCUT2D eigenvalue weighted by molar-refractivity contribution is 4.98. The summed E-state index contributed by atoms with van der Waals surface area (Å²) in [6.07, 6.45) is 7.80. The van der Waals surface area contributed by atoms with Crippen molar-refractivity contribution in [3.63, 3.8) is 0 Å². The second kappa shape index (κ2) is 6.53. The molecule has 0 bridgehead atoms. The van der Waals surface area contributed by atoms with E-state index >= 15 is 0 Å². The van der Waals surface area contributed by atoms with E-state index in [9.17, 15) is 0 Å². The van der Waals surface area contributed by atoms with Crippen molar-refractivity contribution in [1.29, 1.82) is 0 Å². The fourth-order valence-electron chi connectivity index (χ4n) is 3.82. The molecule has 0 amide bonds. The third kappa shape index (κ3) is 3.30. The van der Waals surface area contributed by atoms with Crippen molar-refractivity contribution >= 4 is 0 Å². The normalized spacial score (nSPS) is 37.7. The zero-order valence-corrected chi connectivity index (χ0v) is 12.9. The Balaban J connectivity index is 2.00. The van der Waals surface area contributed by atoms with Gasteiger partial charge in [-0.05, 0) is 59.2 Å². The van der Waals surface area contributed by atoms with Gasteiger partial charge >= 0.3 is 0 Å². The standard InChI is InChI=1S/C15H31N3O/c1-17(2)13-5-4-10-18(11-13)15(12-16)8-6-14(19-3)7-9-15/h13-14H,4-12,16H2,1-3H3. The topological polar surface area (TPSA) is 41.7 Å². The molecule has 0 aromatic rings. The highest BCUT2D eigenvalue weighted by Gasteiger charge is 2.41. The molecule has 1 saturated carbocycles. The molecule has 2 fully saturated rings. The van der Waals surface area contributed by atoms with Crippen LogP contribution in [-0.2, 0) is 4.74 Å². The summed E-state index contributed by atoms with van der Waals surface area (Å²) in [6.45, 7) is 3.20. The van der Waals surface area contributed by atoms with Gasteiger partial charge in [-0.1, -0.05) is 0 Å². The summed E-state index contributed by atoms with van der Waals surface area (Å²) in [5.41, 5.74) is 6.42. The number of hydrogen-bond donors (Lipinski definition) is 1. The number of nitrogens with two attached hydrogens (primary N) is 1. The molecule has 0 aromatic heterocycles. The number of piperidine rings is 1. The van der Waals surface area contributed by atoms with Crippen LogP contribution in [0.1, 0.15) is 38.5 Å². The zero-order valence-electron chi connectivity index (χ0n) is 12.9. The van der Waals surface area contributed by atoms with Crippen molar-refractivity contribution < 1.29 is 4.74 Å². The first kappa shape index (κ1) is 15.2. The molecule has 2 aliphatic rings. The Morgan fingerprint density at radius 3 is 2.47 bits per heavy atom. The summed E-state index contributed by atoms with van der Waals surface area (Å²) in [4.78, 5) is 5.06. The predicted octanol–water partition coefficient (Wildman–Crippen LogP) is 1.30. The molecule has 4 nitrogen and oxygen atoms in total. The van der Waals surface area contributed by atoms with Gasteiger partial charge in [0.15, 0.2) is 0 Å². The van der Waals surface area contributed by atoms with Crippen LogP contribution < -0.4 is 5.73 Å². The quantitative estimate of drug-likeness (QED) is 0.835. The van der Waals surface area contributed by atoms with Gasteiger partial charge in [-0.2, -0.15) is 0 Å². The molecule has 1 heterocycles. The van der Waals surface area contributed by atoms with Crippen molar-refractivity contribution in [3.8, 4) is 0 Å². The maximum atomic E-state index is 6.18. The number of rotatable bonds is 4. The third-order valence-corrected chi connectivity index (χ3v) is 5.37. The maximum Gasteiger partial charge on any atom is 0.0572 e. The van der Waals surface area contributed by atoms with Crippen LogP contribution in [0.4, 0.5) is 0 Å². The lowest BCUT2D eigenvalue weighted by atomic mass is 9.77. The molecule has 1 atom stereocenters. The number of methoxy groups -OCH3 is 1. The Kier molecular flexibility index (Phi) is 5.23. The number of nitrogens with zero attached hydrogens (tertiary/aromatic N) is 2. The maximum absolute atomic E-state index is 6.18. The SMILES string of the molecule is COC1CCC(CN)(N2CCCC(N(C)C)C2)CC1. The van der Waals surface area contributed by atoms with E-state index < -0.39 is 0 Å². The van der Waals surface area contributed by atoms with Crippen LogP contribution in [0, 0.1) is 0 Å². The summed E-state index contributed by atoms with van der Waals surface area (Å²) < 4.78 is 5.51. The Morgan fingerprint density at radius 1 is 1.26 bits per heavy atom. The minimum atomic E-state index is 0.240. The second-order valence-electron chi connectivity index (χ2n) is 6.57. The first-order valence-corrected chi connectivity index (χ1v) is 7.75. The minimum absolute atomic E-state index is 0.240. The van der Waals surface area contributed by atoms with Gasteiger partial charge in [-0.3, -0.25) is 4.90 Å². The molecule has 0 aromatic carbocycles. The third-order valence-electron chi connectivity index (χ3n) is 5.37. The average molecular weight is 269 g/mol. The van der Waals surface area contributed by atoms with E-state index in [0.29, 0.717) is 12.1 Å². The van der Waals surface area contributed by atoms with Crippen LogP contribution >= 0.6 is 0 Å². The molecule has 2 N–H and O–H groups in total. The van der Waals surface area contributed by atoms with Gasteiger partial charge in [0.25, 0.3) is 0 Å². The molecular formula is C15H31N3O. The molecule has 1 saturated heterocycles. The van der Waals surface area contributed by atoms with Gasteiger partial charge in [0.2, 0.25) is 0 Å². The lowest BCUT2D eigenvalue weighted by Gasteiger charge is -2.51. The van der Waals surface area contributed by atoms with Crippen molar-refractivity contribution in [1.82, 2.24) is 9.80 Å². The van der Waals surface area contributed by atoms with Crippen molar-refractivity contribution in [3.05, 3.63) is 0 Å². The first-order chi connectivity index (χ1) is 9.11. The molecule has 1 unspecified atom stereocenters. The highest BCUT2D eigenvalue weighted by atomic mass is 16.5. The van der Waals surface area contributed by atoms with E-state index in [1.54, 1.807) is 0 Å². The van der Waals surface area contributed by atoms with Crippen molar-refractivity contribution in [2.75, 3.05) is 40.8 Å². The van der Waals surface area contributed by atoms with Crippen LogP contribution in [0.2, 0.25) is 0 Å². The van der Waals surface area contributed by atoms with E-state index in [0.717, 1.165) is 19.4 Å². The first-order valence-electron chi connectivity index (χ1n) is 7.75. The summed E-state index contributed by atoms with van der Waals surface area (Å²) in [5, 5.41) is 0. The summed E-state index contributed by atoms with van der Waals surface area (Å²) >= 11 is 0. The molecule has 0 spiro atoms. The van der Waals surface area contributed by atoms with Crippen molar-refractivity contribution in [2.24, 2.45) is 5.73 Å². The molecule has 19 heavy (non-hydrogen) atoms. The predicted molar refractivity (Wildman–Crippen MR) is 79.3 cm³/mol. The summed E-state index contributed by atoms with van der Waals surface area (Å²) in [7, 11) is 6.24. The Morgan fingerprint density at radius 2 is 1.95 bits per heavy atom. The average Bonchev–Trinajstić information content (AvgIpc) is 2.47. The molecule has 1 aliphatic heterocycles. The van der Waals surface area contributed by atoms with E-state index in [4.69, 9.17) is 10.5 Å².